The Labute approximate surface area is 170 Å². The van der Waals surface area contributed by atoms with Crippen molar-refractivity contribution in [2.24, 2.45) is 0 Å². The van der Waals surface area contributed by atoms with Crippen LogP contribution in [0.1, 0.15) is 56.9 Å². The molecule has 1 N–H and O–H groups in total. The molecule has 3 rings (SSSR count). The first-order valence-corrected chi connectivity index (χ1v) is 9.29. The van der Waals surface area contributed by atoms with E-state index in [4.69, 9.17) is 0 Å². The molecule has 0 aliphatic heterocycles. The molecule has 0 amide bonds. The molecule has 0 saturated carbocycles. The van der Waals surface area contributed by atoms with Crippen molar-refractivity contribution in [3.05, 3.63) is 88.9 Å². The van der Waals surface area contributed by atoms with E-state index >= 15 is 0 Å². The molecule has 1 aromatic carbocycles. The lowest BCUT2D eigenvalue weighted by Gasteiger charge is -2.14. The highest BCUT2D eigenvalue weighted by Crippen LogP contribution is 2.19. The molecule has 1 atom stereocenters. The molecule has 0 aliphatic rings. The standard InChI is InChI=1S/C24H23N3O.3H2/c1-4-9-20-13-14-22(26-16-17(2)19-10-6-5-7-11-19)27-23(20)24(28)21-12-8-15-25-18(21)3;;;/h5-8,10-15,17H,16H2,1-3H3,(H,26,27);3*1H/t17-;;;/m1.../s1. The molecule has 0 aliphatic carbocycles. The second kappa shape index (κ2) is 8.96. The van der Waals surface area contributed by atoms with Crippen LogP contribution in [-0.2, 0) is 0 Å². The Balaban J connectivity index is 0.00000300. The number of pyridine rings is 2. The number of benzene rings is 1. The summed E-state index contributed by atoms with van der Waals surface area (Å²) in [4.78, 5) is 21.9. The van der Waals surface area contributed by atoms with Gasteiger partial charge in [-0.15, -0.1) is 5.92 Å². The number of rotatable bonds is 6. The van der Waals surface area contributed by atoms with Crippen LogP contribution in [0, 0.1) is 18.8 Å². The van der Waals surface area contributed by atoms with E-state index < -0.39 is 0 Å². The van der Waals surface area contributed by atoms with Gasteiger partial charge in [0.05, 0.1) is 5.56 Å². The predicted octanol–water partition coefficient (Wildman–Crippen LogP) is 5.34. The van der Waals surface area contributed by atoms with Gasteiger partial charge in [0.25, 0.3) is 0 Å². The van der Waals surface area contributed by atoms with E-state index in [1.54, 1.807) is 25.3 Å². The Bertz CT molecular complexity index is 1050. The smallest absolute Gasteiger partial charge is 0.214 e. The Morgan fingerprint density at radius 3 is 2.64 bits per heavy atom. The molecule has 0 unspecified atom stereocenters. The quantitative estimate of drug-likeness (QED) is 0.467. The first-order valence-electron chi connectivity index (χ1n) is 9.29. The van der Waals surface area contributed by atoms with Gasteiger partial charge in [0, 0.05) is 28.3 Å². The van der Waals surface area contributed by atoms with E-state index in [0.717, 1.165) is 6.54 Å². The minimum Gasteiger partial charge on any atom is -0.369 e. The maximum atomic E-state index is 13.1. The van der Waals surface area contributed by atoms with Crippen molar-refractivity contribution in [1.29, 1.82) is 0 Å². The van der Waals surface area contributed by atoms with Crippen molar-refractivity contribution >= 4 is 11.6 Å². The van der Waals surface area contributed by atoms with E-state index in [0.29, 0.717) is 34.3 Å². The Morgan fingerprint density at radius 1 is 1.14 bits per heavy atom. The van der Waals surface area contributed by atoms with Crippen molar-refractivity contribution in [1.82, 2.24) is 9.97 Å². The molecular weight excluding hydrogens is 346 g/mol. The summed E-state index contributed by atoms with van der Waals surface area (Å²) in [5.41, 5.74) is 3.45. The van der Waals surface area contributed by atoms with Gasteiger partial charge in [0.1, 0.15) is 11.5 Å². The van der Waals surface area contributed by atoms with Gasteiger partial charge >= 0.3 is 0 Å². The number of aryl methyl sites for hydroxylation is 1. The van der Waals surface area contributed by atoms with Crippen LogP contribution < -0.4 is 5.32 Å². The van der Waals surface area contributed by atoms with Crippen LogP contribution in [0.15, 0.2) is 60.8 Å². The fourth-order valence-corrected chi connectivity index (χ4v) is 2.98. The van der Waals surface area contributed by atoms with Crippen LogP contribution in [0.2, 0.25) is 0 Å². The summed E-state index contributed by atoms with van der Waals surface area (Å²) < 4.78 is 0. The monoisotopic (exact) mass is 375 g/mol. The summed E-state index contributed by atoms with van der Waals surface area (Å²) in [5, 5.41) is 3.35. The van der Waals surface area contributed by atoms with Crippen LogP contribution in [0.25, 0.3) is 0 Å². The fraction of sp³-hybridized carbons (Fsp3) is 0.208. The lowest BCUT2D eigenvalue weighted by atomic mass is 10.0. The Kier molecular flexibility index (Phi) is 6.18. The number of hydrogen-bond acceptors (Lipinski definition) is 4. The molecule has 0 spiro atoms. The second-order valence-corrected chi connectivity index (χ2v) is 6.63. The zero-order valence-corrected chi connectivity index (χ0v) is 16.4. The van der Waals surface area contributed by atoms with Crippen LogP contribution in [-0.4, -0.2) is 22.3 Å². The number of anilines is 1. The topological polar surface area (TPSA) is 54.9 Å². The molecule has 4 nitrogen and oxygen atoms in total. The van der Waals surface area contributed by atoms with Gasteiger partial charge in [-0.3, -0.25) is 9.78 Å². The van der Waals surface area contributed by atoms with Gasteiger partial charge in [-0.1, -0.05) is 43.2 Å². The fourth-order valence-electron chi connectivity index (χ4n) is 2.98. The summed E-state index contributed by atoms with van der Waals surface area (Å²) in [6.07, 6.45) is 1.68. The first kappa shape index (κ1) is 19.3. The Hall–Kier alpha value is -3.45. The zero-order valence-electron chi connectivity index (χ0n) is 16.4. The van der Waals surface area contributed by atoms with E-state index in [-0.39, 0.29) is 10.1 Å². The van der Waals surface area contributed by atoms with Crippen LogP contribution in [0.3, 0.4) is 0 Å². The molecule has 0 radical (unpaired) electrons. The van der Waals surface area contributed by atoms with Gasteiger partial charge in [-0.25, -0.2) is 4.98 Å². The molecule has 146 valence electrons. The van der Waals surface area contributed by atoms with Crippen molar-refractivity contribution in [2.75, 3.05) is 11.9 Å². The van der Waals surface area contributed by atoms with Crippen molar-refractivity contribution in [3.63, 3.8) is 0 Å². The highest BCUT2D eigenvalue weighted by molar-refractivity contribution is 6.10. The number of aromatic nitrogens is 2. The second-order valence-electron chi connectivity index (χ2n) is 6.63. The van der Waals surface area contributed by atoms with E-state index in [1.807, 2.05) is 37.3 Å². The highest BCUT2D eigenvalue weighted by Gasteiger charge is 2.18. The van der Waals surface area contributed by atoms with Gasteiger partial charge in [0.15, 0.2) is 0 Å². The lowest BCUT2D eigenvalue weighted by molar-refractivity contribution is 0.103. The molecule has 3 aromatic rings. The number of carbonyl (C=O) groups is 1. The summed E-state index contributed by atoms with van der Waals surface area (Å²) in [6, 6.07) is 17.5. The minimum absolute atomic E-state index is 0. The lowest BCUT2D eigenvalue weighted by Crippen LogP contribution is -2.14. The molecule has 0 bridgehead atoms. The third kappa shape index (κ3) is 4.44. The molecule has 0 saturated heterocycles. The molecule has 2 aromatic heterocycles. The third-order valence-corrected chi connectivity index (χ3v) is 4.58. The maximum absolute atomic E-state index is 13.1. The highest BCUT2D eigenvalue weighted by atomic mass is 16.1. The van der Waals surface area contributed by atoms with Gasteiger partial charge < -0.3 is 5.32 Å². The average molecular weight is 376 g/mol. The van der Waals surface area contributed by atoms with Crippen molar-refractivity contribution in [2.45, 2.75) is 26.7 Å². The van der Waals surface area contributed by atoms with Gasteiger partial charge in [0.2, 0.25) is 5.78 Å². The molecule has 28 heavy (non-hydrogen) atoms. The summed E-state index contributed by atoms with van der Waals surface area (Å²) in [6.45, 7) is 6.44. The van der Waals surface area contributed by atoms with Crippen LogP contribution in [0.5, 0.6) is 0 Å². The molecule has 0 fully saturated rings. The number of nitrogens with zero attached hydrogens (tertiary/aromatic N) is 2. The van der Waals surface area contributed by atoms with Crippen LogP contribution >= 0.6 is 0 Å². The SMILES string of the molecule is CC#Cc1ccc(NC[C@@H](C)c2ccccc2)nc1C(=O)c1cccnc1C.[HH].[HH].[HH]. The van der Waals surface area contributed by atoms with Gasteiger partial charge in [-0.2, -0.15) is 0 Å². The number of hydrogen-bond donors (Lipinski definition) is 1. The summed E-state index contributed by atoms with van der Waals surface area (Å²) in [5.74, 6) is 6.66. The van der Waals surface area contributed by atoms with Gasteiger partial charge in [-0.05, 0) is 49.6 Å². The van der Waals surface area contributed by atoms with E-state index in [1.165, 1.54) is 5.56 Å². The van der Waals surface area contributed by atoms with Crippen molar-refractivity contribution < 1.29 is 9.07 Å². The van der Waals surface area contributed by atoms with E-state index in [2.05, 4.69) is 46.2 Å². The van der Waals surface area contributed by atoms with Crippen LogP contribution in [0.4, 0.5) is 5.82 Å². The third-order valence-electron chi connectivity index (χ3n) is 4.58. The summed E-state index contributed by atoms with van der Waals surface area (Å²) in [7, 11) is 0. The predicted molar refractivity (Wildman–Crippen MR) is 119 cm³/mol. The Morgan fingerprint density at radius 2 is 1.93 bits per heavy atom. The normalized spacial score (nSPS) is 11.2. The van der Waals surface area contributed by atoms with E-state index in [9.17, 15) is 4.79 Å². The zero-order chi connectivity index (χ0) is 19.9. The molecule has 4 heteroatoms. The van der Waals surface area contributed by atoms with Crippen molar-refractivity contribution in [3.8, 4) is 11.8 Å². The molecule has 2 heterocycles. The molecular formula is C24H29N3O. The largest absolute Gasteiger partial charge is 0.369 e. The number of nitrogens with one attached hydrogen (secondary N) is 1. The summed E-state index contributed by atoms with van der Waals surface area (Å²) >= 11 is 0. The minimum atomic E-state index is -0.164. The first-order chi connectivity index (χ1) is 13.6. The number of carbonyl (C=O) groups excluding carboxylic acids is 1. The average Bonchev–Trinajstić information content (AvgIpc) is 2.73. The maximum Gasteiger partial charge on any atom is 0.214 e. The number of ketones is 1.